The summed E-state index contributed by atoms with van der Waals surface area (Å²) in [6.45, 7) is 2.34. The molecular formula is C16H18N2O2. The molecule has 1 amide bonds. The van der Waals surface area contributed by atoms with Crippen molar-refractivity contribution in [2.45, 2.75) is 19.5 Å². The van der Waals surface area contributed by atoms with E-state index in [1.54, 1.807) is 30.3 Å². The molecule has 1 unspecified atom stereocenters. The van der Waals surface area contributed by atoms with Gasteiger partial charge < -0.3 is 16.2 Å². The first-order chi connectivity index (χ1) is 9.60. The fourth-order valence-electron chi connectivity index (χ4n) is 1.95. The monoisotopic (exact) mass is 270 g/mol. The van der Waals surface area contributed by atoms with E-state index < -0.39 is 0 Å². The summed E-state index contributed by atoms with van der Waals surface area (Å²) in [7, 11) is 0. The third-order valence-electron chi connectivity index (χ3n) is 3.17. The highest BCUT2D eigenvalue weighted by molar-refractivity contribution is 5.94. The van der Waals surface area contributed by atoms with Crippen LogP contribution in [0, 0.1) is 0 Å². The van der Waals surface area contributed by atoms with Gasteiger partial charge in [0.1, 0.15) is 5.75 Å². The van der Waals surface area contributed by atoms with Crippen LogP contribution in [0.25, 0.3) is 0 Å². The van der Waals surface area contributed by atoms with Gasteiger partial charge in [0.25, 0.3) is 5.91 Å². The molecule has 20 heavy (non-hydrogen) atoms. The second kappa shape index (κ2) is 6.21. The van der Waals surface area contributed by atoms with E-state index in [9.17, 15) is 9.90 Å². The molecule has 0 aromatic heterocycles. The fourth-order valence-corrected chi connectivity index (χ4v) is 1.95. The molecule has 2 rings (SSSR count). The minimum atomic E-state index is -0.177. The molecule has 4 nitrogen and oxygen atoms in total. The summed E-state index contributed by atoms with van der Waals surface area (Å²) < 4.78 is 0. The van der Waals surface area contributed by atoms with Crippen LogP contribution in [0.4, 0.5) is 0 Å². The lowest BCUT2D eigenvalue weighted by Crippen LogP contribution is -2.26. The summed E-state index contributed by atoms with van der Waals surface area (Å²) >= 11 is 0. The first-order valence-electron chi connectivity index (χ1n) is 6.49. The van der Waals surface area contributed by atoms with Gasteiger partial charge in [-0.15, -0.1) is 0 Å². The van der Waals surface area contributed by atoms with Gasteiger partial charge in [-0.1, -0.05) is 24.3 Å². The number of aromatic hydroxyl groups is 1. The van der Waals surface area contributed by atoms with Crippen molar-refractivity contribution in [1.82, 2.24) is 5.32 Å². The van der Waals surface area contributed by atoms with E-state index in [1.165, 1.54) is 0 Å². The van der Waals surface area contributed by atoms with Crippen molar-refractivity contribution in [1.29, 1.82) is 0 Å². The predicted molar refractivity (Wildman–Crippen MR) is 78.3 cm³/mol. The quantitative estimate of drug-likeness (QED) is 0.798. The Morgan fingerprint density at radius 1 is 1.25 bits per heavy atom. The van der Waals surface area contributed by atoms with Crippen molar-refractivity contribution < 1.29 is 9.90 Å². The number of amides is 1. The summed E-state index contributed by atoms with van der Waals surface area (Å²) in [6, 6.07) is 13.9. The molecule has 0 heterocycles. The zero-order chi connectivity index (χ0) is 14.5. The number of nitrogens with one attached hydrogen (secondary N) is 1. The van der Waals surface area contributed by atoms with Crippen LogP contribution in [-0.2, 0) is 6.54 Å². The van der Waals surface area contributed by atoms with Gasteiger partial charge in [-0.05, 0) is 42.3 Å². The van der Waals surface area contributed by atoms with Crippen molar-refractivity contribution in [3.63, 3.8) is 0 Å². The minimum absolute atomic E-state index is 0.149. The third-order valence-corrected chi connectivity index (χ3v) is 3.17. The minimum Gasteiger partial charge on any atom is -0.508 e. The van der Waals surface area contributed by atoms with Crippen molar-refractivity contribution >= 4 is 5.91 Å². The van der Waals surface area contributed by atoms with Crippen LogP contribution in [0.3, 0.4) is 0 Å². The van der Waals surface area contributed by atoms with Gasteiger partial charge in [0.2, 0.25) is 0 Å². The van der Waals surface area contributed by atoms with Crippen molar-refractivity contribution in [3.8, 4) is 5.75 Å². The maximum atomic E-state index is 12.1. The number of hydrogen-bond donors (Lipinski definition) is 3. The van der Waals surface area contributed by atoms with E-state index in [2.05, 4.69) is 5.32 Å². The van der Waals surface area contributed by atoms with Crippen LogP contribution in [0.5, 0.6) is 5.75 Å². The van der Waals surface area contributed by atoms with Gasteiger partial charge in [0, 0.05) is 12.1 Å². The highest BCUT2D eigenvalue weighted by atomic mass is 16.3. The SMILES string of the molecule is CC(NC(=O)c1ccc(CN)cc1)c1cccc(O)c1. The molecule has 1 atom stereocenters. The average molecular weight is 270 g/mol. The van der Waals surface area contributed by atoms with Crippen LogP contribution in [-0.4, -0.2) is 11.0 Å². The molecule has 0 aliphatic rings. The van der Waals surface area contributed by atoms with E-state index in [1.807, 2.05) is 25.1 Å². The Balaban J connectivity index is 2.06. The van der Waals surface area contributed by atoms with Gasteiger partial charge >= 0.3 is 0 Å². The number of benzene rings is 2. The van der Waals surface area contributed by atoms with Gasteiger partial charge in [-0.2, -0.15) is 0 Å². The number of carbonyl (C=O) groups excluding carboxylic acids is 1. The lowest BCUT2D eigenvalue weighted by Gasteiger charge is -2.14. The Kier molecular flexibility index (Phi) is 4.38. The van der Waals surface area contributed by atoms with Crippen LogP contribution in [0.1, 0.15) is 34.5 Å². The zero-order valence-corrected chi connectivity index (χ0v) is 11.3. The van der Waals surface area contributed by atoms with Crippen molar-refractivity contribution in [3.05, 3.63) is 65.2 Å². The van der Waals surface area contributed by atoms with Gasteiger partial charge in [0.15, 0.2) is 0 Å². The second-order valence-corrected chi connectivity index (χ2v) is 4.69. The van der Waals surface area contributed by atoms with Crippen LogP contribution < -0.4 is 11.1 Å². The Hall–Kier alpha value is -2.33. The van der Waals surface area contributed by atoms with Gasteiger partial charge in [0.05, 0.1) is 6.04 Å². The topological polar surface area (TPSA) is 75.4 Å². The molecule has 4 heteroatoms. The normalized spacial score (nSPS) is 11.9. The molecule has 0 saturated heterocycles. The molecule has 4 N–H and O–H groups in total. The number of phenols is 1. The molecule has 0 bridgehead atoms. The smallest absolute Gasteiger partial charge is 0.251 e. The highest BCUT2D eigenvalue weighted by Crippen LogP contribution is 2.18. The largest absolute Gasteiger partial charge is 0.508 e. The van der Waals surface area contributed by atoms with Gasteiger partial charge in [-0.25, -0.2) is 0 Å². The molecule has 0 aliphatic heterocycles. The van der Waals surface area contributed by atoms with Crippen LogP contribution in [0.2, 0.25) is 0 Å². The van der Waals surface area contributed by atoms with Crippen LogP contribution in [0.15, 0.2) is 48.5 Å². The Labute approximate surface area is 118 Å². The lowest BCUT2D eigenvalue weighted by atomic mass is 10.1. The summed E-state index contributed by atoms with van der Waals surface area (Å²) in [6.07, 6.45) is 0. The first-order valence-corrected chi connectivity index (χ1v) is 6.49. The third kappa shape index (κ3) is 3.36. The van der Waals surface area contributed by atoms with E-state index in [0.29, 0.717) is 12.1 Å². The highest BCUT2D eigenvalue weighted by Gasteiger charge is 2.11. The molecule has 104 valence electrons. The standard InChI is InChI=1S/C16H18N2O2/c1-11(14-3-2-4-15(19)9-14)18-16(20)13-7-5-12(10-17)6-8-13/h2-9,11,19H,10,17H2,1H3,(H,18,20). The van der Waals surface area contributed by atoms with E-state index in [-0.39, 0.29) is 17.7 Å². The Morgan fingerprint density at radius 3 is 2.55 bits per heavy atom. The fraction of sp³-hybridized carbons (Fsp3) is 0.188. The summed E-state index contributed by atoms with van der Waals surface area (Å²) in [5.41, 5.74) is 7.96. The van der Waals surface area contributed by atoms with Crippen molar-refractivity contribution in [2.75, 3.05) is 0 Å². The number of rotatable bonds is 4. The molecule has 2 aromatic carbocycles. The molecule has 0 aliphatic carbocycles. The maximum Gasteiger partial charge on any atom is 0.251 e. The van der Waals surface area contributed by atoms with E-state index >= 15 is 0 Å². The molecule has 0 spiro atoms. The van der Waals surface area contributed by atoms with E-state index in [0.717, 1.165) is 11.1 Å². The Bertz CT molecular complexity index is 594. The molecular weight excluding hydrogens is 252 g/mol. The average Bonchev–Trinajstić information content (AvgIpc) is 2.47. The number of carbonyl (C=O) groups is 1. The summed E-state index contributed by atoms with van der Waals surface area (Å²) in [5, 5.41) is 12.3. The van der Waals surface area contributed by atoms with E-state index in [4.69, 9.17) is 5.73 Å². The zero-order valence-electron chi connectivity index (χ0n) is 11.3. The summed E-state index contributed by atoms with van der Waals surface area (Å²) in [4.78, 5) is 12.1. The molecule has 0 fully saturated rings. The number of nitrogens with two attached hydrogens (primary N) is 1. The molecule has 2 aromatic rings. The molecule has 0 radical (unpaired) electrons. The summed E-state index contributed by atoms with van der Waals surface area (Å²) in [5.74, 6) is 0.0420. The number of hydrogen-bond acceptors (Lipinski definition) is 3. The van der Waals surface area contributed by atoms with Gasteiger partial charge in [-0.3, -0.25) is 4.79 Å². The van der Waals surface area contributed by atoms with Crippen LogP contribution >= 0.6 is 0 Å². The first kappa shape index (κ1) is 14.1. The molecule has 0 saturated carbocycles. The lowest BCUT2D eigenvalue weighted by molar-refractivity contribution is 0.0940. The maximum absolute atomic E-state index is 12.1. The predicted octanol–water partition coefficient (Wildman–Crippen LogP) is 2.34. The van der Waals surface area contributed by atoms with Crippen molar-refractivity contribution in [2.24, 2.45) is 5.73 Å². The second-order valence-electron chi connectivity index (χ2n) is 4.69. The Morgan fingerprint density at radius 2 is 1.95 bits per heavy atom. The number of phenolic OH excluding ortho intramolecular Hbond substituents is 1.